The van der Waals surface area contributed by atoms with Gasteiger partial charge in [-0.2, -0.15) is 5.26 Å². The van der Waals surface area contributed by atoms with Crippen LogP contribution in [-0.2, 0) is 6.61 Å². The van der Waals surface area contributed by atoms with Gasteiger partial charge in [0.1, 0.15) is 12.4 Å². The minimum atomic E-state index is -0.901. The van der Waals surface area contributed by atoms with Crippen molar-refractivity contribution >= 4 is 0 Å². The van der Waals surface area contributed by atoms with Gasteiger partial charge in [0.05, 0.1) is 11.6 Å². The number of rotatable bonds is 3. The highest BCUT2D eigenvalue weighted by atomic mass is 19.2. The summed E-state index contributed by atoms with van der Waals surface area (Å²) in [5, 5.41) is 8.72. The van der Waals surface area contributed by atoms with E-state index >= 15 is 0 Å². The van der Waals surface area contributed by atoms with Crippen LogP contribution in [0, 0.1) is 23.0 Å². The smallest absolute Gasteiger partial charge is 0.159 e. The molecule has 18 heavy (non-hydrogen) atoms. The highest BCUT2D eigenvalue weighted by Crippen LogP contribution is 2.15. The molecule has 0 bridgehead atoms. The first-order chi connectivity index (χ1) is 8.69. The van der Waals surface area contributed by atoms with Crippen LogP contribution >= 0.6 is 0 Å². The molecule has 0 aliphatic carbocycles. The maximum atomic E-state index is 13.0. The number of nitriles is 1. The van der Waals surface area contributed by atoms with Crippen LogP contribution in [0.2, 0.25) is 0 Å². The monoisotopic (exact) mass is 245 g/mol. The van der Waals surface area contributed by atoms with Crippen LogP contribution < -0.4 is 4.74 Å². The molecular weight excluding hydrogens is 236 g/mol. The summed E-state index contributed by atoms with van der Waals surface area (Å²) in [6.45, 7) is 0.117. The molecule has 4 heteroatoms. The molecule has 0 aromatic heterocycles. The molecule has 0 saturated heterocycles. The first-order valence-electron chi connectivity index (χ1n) is 5.26. The van der Waals surface area contributed by atoms with E-state index in [0.29, 0.717) is 16.9 Å². The molecule has 2 aromatic carbocycles. The fraction of sp³-hybridized carbons (Fsp3) is 0.0714. The summed E-state index contributed by atoms with van der Waals surface area (Å²) in [6, 6.07) is 12.2. The molecule has 2 aromatic rings. The topological polar surface area (TPSA) is 33.0 Å². The molecule has 2 nitrogen and oxygen atoms in total. The molecule has 0 amide bonds. The Morgan fingerprint density at radius 2 is 1.89 bits per heavy atom. The number of benzene rings is 2. The third-order valence-electron chi connectivity index (χ3n) is 2.35. The summed E-state index contributed by atoms with van der Waals surface area (Å²) in [4.78, 5) is 0. The van der Waals surface area contributed by atoms with Gasteiger partial charge in [-0.15, -0.1) is 0 Å². The molecule has 0 spiro atoms. The Bertz CT molecular complexity index is 605. The van der Waals surface area contributed by atoms with Gasteiger partial charge in [-0.1, -0.05) is 12.1 Å². The van der Waals surface area contributed by atoms with Crippen molar-refractivity contribution in [2.75, 3.05) is 0 Å². The summed E-state index contributed by atoms with van der Waals surface area (Å²) < 4.78 is 31.0. The molecule has 0 aliphatic rings. The molecule has 0 atom stereocenters. The largest absolute Gasteiger partial charge is 0.489 e. The van der Waals surface area contributed by atoms with E-state index in [1.807, 2.05) is 6.07 Å². The third kappa shape index (κ3) is 2.83. The van der Waals surface area contributed by atoms with Gasteiger partial charge in [0.15, 0.2) is 11.6 Å². The molecule has 0 unspecified atom stereocenters. The van der Waals surface area contributed by atoms with E-state index in [4.69, 9.17) is 10.00 Å². The lowest BCUT2D eigenvalue weighted by atomic mass is 10.2. The number of hydrogen-bond acceptors (Lipinski definition) is 2. The van der Waals surface area contributed by atoms with Crippen LogP contribution in [0.3, 0.4) is 0 Å². The van der Waals surface area contributed by atoms with Crippen LogP contribution in [0.1, 0.15) is 11.1 Å². The van der Waals surface area contributed by atoms with Gasteiger partial charge in [0.2, 0.25) is 0 Å². The molecule has 0 aliphatic heterocycles. The van der Waals surface area contributed by atoms with E-state index in [-0.39, 0.29) is 6.61 Å². The Labute approximate surface area is 103 Å². The molecule has 0 radical (unpaired) electrons. The standard InChI is InChI=1S/C14H9F2NO/c15-13-5-4-11(7-14(13)16)9-18-12-3-1-2-10(6-12)8-17/h1-7H,9H2. The van der Waals surface area contributed by atoms with Crippen molar-refractivity contribution in [1.82, 2.24) is 0 Å². The van der Waals surface area contributed by atoms with Gasteiger partial charge in [-0.25, -0.2) is 8.78 Å². The minimum absolute atomic E-state index is 0.117. The Hall–Kier alpha value is -2.41. The lowest BCUT2D eigenvalue weighted by Crippen LogP contribution is -1.97. The van der Waals surface area contributed by atoms with E-state index in [9.17, 15) is 8.78 Å². The van der Waals surface area contributed by atoms with Crippen molar-refractivity contribution in [2.24, 2.45) is 0 Å². The predicted molar refractivity (Wildman–Crippen MR) is 61.8 cm³/mol. The minimum Gasteiger partial charge on any atom is -0.489 e. The third-order valence-corrected chi connectivity index (χ3v) is 2.35. The lowest BCUT2D eigenvalue weighted by Gasteiger charge is -2.06. The van der Waals surface area contributed by atoms with E-state index < -0.39 is 11.6 Å². The Kier molecular flexibility index (Phi) is 3.54. The van der Waals surface area contributed by atoms with Crippen molar-refractivity contribution in [3.63, 3.8) is 0 Å². The van der Waals surface area contributed by atoms with Crippen molar-refractivity contribution < 1.29 is 13.5 Å². The molecule has 2 rings (SSSR count). The highest BCUT2D eigenvalue weighted by molar-refractivity contribution is 5.36. The number of ether oxygens (including phenoxy) is 1. The summed E-state index contributed by atoms with van der Waals surface area (Å²) in [7, 11) is 0. The first-order valence-corrected chi connectivity index (χ1v) is 5.26. The fourth-order valence-electron chi connectivity index (χ4n) is 1.45. The van der Waals surface area contributed by atoms with E-state index in [2.05, 4.69) is 0 Å². The van der Waals surface area contributed by atoms with Gasteiger partial charge in [0, 0.05) is 0 Å². The number of halogens is 2. The maximum absolute atomic E-state index is 13.0. The summed E-state index contributed by atoms with van der Waals surface area (Å²) >= 11 is 0. The quantitative estimate of drug-likeness (QED) is 0.830. The van der Waals surface area contributed by atoms with Gasteiger partial charge in [-0.3, -0.25) is 0 Å². The average Bonchev–Trinajstić information content (AvgIpc) is 2.40. The lowest BCUT2D eigenvalue weighted by molar-refractivity contribution is 0.305. The first kappa shape index (κ1) is 12.1. The summed E-state index contributed by atoms with van der Waals surface area (Å²) in [5.74, 6) is -1.27. The van der Waals surface area contributed by atoms with Gasteiger partial charge >= 0.3 is 0 Å². The van der Waals surface area contributed by atoms with Crippen molar-refractivity contribution in [1.29, 1.82) is 5.26 Å². The molecule has 90 valence electrons. The summed E-state index contributed by atoms with van der Waals surface area (Å²) in [6.07, 6.45) is 0. The van der Waals surface area contributed by atoms with Crippen LogP contribution in [0.25, 0.3) is 0 Å². The van der Waals surface area contributed by atoms with Crippen molar-refractivity contribution in [2.45, 2.75) is 6.61 Å². The zero-order valence-electron chi connectivity index (χ0n) is 9.36. The van der Waals surface area contributed by atoms with Crippen LogP contribution in [0.4, 0.5) is 8.78 Å². The fourth-order valence-corrected chi connectivity index (χ4v) is 1.45. The average molecular weight is 245 g/mol. The maximum Gasteiger partial charge on any atom is 0.159 e. The highest BCUT2D eigenvalue weighted by Gasteiger charge is 2.03. The predicted octanol–water partition coefficient (Wildman–Crippen LogP) is 3.42. The van der Waals surface area contributed by atoms with Gasteiger partial charge in [0.25, 0.3) is 0 Å². The molecule has 0 fully saturated rings. The second-order valence-corrected chi connectivity index (χ2v) is 3.68. The van der Waals surface area contributed by atoms with Crippen molar-refractivity contribution in [3.8, 4) is 11.8 Å². The number of hydrogen-bond donors (Lipinski definition) is 0. The van der Waals surface area contributed by atoms with E-state index in [1.54, 1.807) is 24.3 Å². The molecule has 0 saturated carbocycles. The zero-order valence-corrected chi connectivity index (χ0v) is 9.36. The Morgan fingerprint density at radius 3 is 2.61 bits per heavy atom. The molecule has 0 heterocycles. The molecule has 0 N–H and O–H groups in total. The normalized spacial score (nSPS) is 9.83. The summed E-state index contributed by atoms with van der Waals surface area (Å²) in [5.41, 5.74) is 1.01. The Morgan fingerprint density at radius 1 is 1.06 bits per heavy atom. The SMILES string of the molecule is N#Cc1cccc(OCc2ccc(F)c(F)c2)c1. The second kappa shape index (κ2) is 5.28. The van der Waals surface area contributed by atoms with Crippen LogP contribution in [-0.4, -0.2) is 0 Å². The zero-order chi connectivity index (χ0) is 13.0. The van der Waals surface area contributed by atoms with Gasteiger partial charge in [-0.05, 0) is 35.9 Å². The van der Waals surface area contributed by atoms with E-state index in [0.717, 1.165) is 12.1 Å². The van der Waals surface area contributed by atoms with Gasteiger partial charge < -0.3 is 4.74 Å². The van der Waals surface area contributed by atoms with Crippen LogP contribution in [0.5, 0.6) is 5.75 Å². The van der Waals surface area contributed by atoms with E-state index in [1.165, 1.54) is 6.07 Å². The Balaban J connectivity index is 2.07. The number of nitrogens with zero attached hydrogens (tertiary/aromatic N) is 1. The molecular formula is C14H9F2NO. The van der Waals surface area contributed by atoms with Crippen molar-refractivity contribution in [3.05, 3.63) is 65.2 Å². The second-order valence-electron chi connectivity index (χ2n) is 3.68. The van der Waals surface area contributed by atoms with Crippen LogP contribution in [0.15, 0.2) is 42.5 Å².